The molecule has 0 spiro atoms. The number of hydrogen-bond acceptors (Lipinski definition) is 4. The van der Waals surface area contributed by atoms with Crippen LogP contribution in [0.3, 0.4) is 0 Å². The van der Waals surface area contributed by atoms with Crippen molar-refractivity contribution in [1.82, 2.24) is 10.3 Å². The molecule has 0 amide bonds. The van der Waals surface area contributed by atoms with Gasteiger partial charge in [0, 0.05) is 23.4 Å². The second kappa shape index (κ2) is 7.11. The van der Waals surface area contributed by atoms with Gasteiger partial charge in [0.2, 0.25) is 0 Å². The summed E-state index contributed by atoms with van der Waals surface area (Å²) in [5.41, 5.74) is 2.45. The highest BCUT2D eigenvalue weighted by molar-refractivity contribution is 9.10. The number of methoxy groups -OCH3 is 1. The van der Waals surface area contributed by atoms with Crippen molar-refractivity contribution < 1.29 is 4.74 Å². The molecule has 0 saturated carbocycles. The standard InChI is InChI=1S/C17H23BrN2OS/c1-11(12-6-7-15(21-5)14(18)8-12)19-9-13-10-22-16(20-13)17(2,3)4/h6-8,10-11,19H,9H2,1-5H3. The zero-order valence-electron chi connectivity index (χ0n) is 13.7. The Bertz CT molecular complexity index is 634. The van der Waals surface area contributed by atoms with E-state index in [1.54, 1.807) is 18.4 Å². The number of rotatable bonds is 5. The van der Waals surface area contributed by atoms with Crippen molar-refractivity contribution in [3.05, 3.63) is 44.3 Å². The minimum absolute atomic E-state index is 0.120. The van der Waals surface area contributed by atoms with Gasteiger partial charge in [-0.05, 0) is 40.5 Å². The fourth-order valence-corrected chi connectivity index (χ4v) is 3.53. The maximum Gasteiger partial charge on any atom is 0.133 e. The van der Waals surface area contributed by atoms with Crippen LogP contribution in [0.4, 0.5) is 0 Å². The van der Waals surface area contributed by atoms with Crippen LogP contribution in [0.2, 0.25) is 0 Å². The molecule has 2 aromatic rings. The van der Waals surface area contributed by atoms with E-state index in [4.69, 9.17) is 9.72 Å². The van der Waals surface area contributed by atoms with Crippen molar-refractivity contribution >= 4 is 27.3 Å². The van der Waals surface area contributed by atoms with Gasteiger partial charge in [-0.1, -0.05) is 26.8 Å². The molecule has 5 heteroatoms. The lowest BCUT2D eigenvalue weighted by Gasteiger charge is -2.15. The largest absolute Gasteiger partial charge is 0.496 e. The summed E-state index contributed by atoms with van der Waals surface area (Å²) in [6, 6.07) is 6.42. The summed E-state index contributed by atoms with van der Waals surface area (Å²) in [6.07, 6.45) is 0. The lowest BCUT2D eigenvalue weighted by atomic mass is 9.98. The zero-order chi connectivity index (χ0) is 16.3. The van der Waals surface area contributed by atoms with Gasteiger partial charge < -0.3 is 10.1 Å². The van der Waals surface area contributed by atoms with E-state index in [0.29, 0.717) is 0 Å². The molecule has 1 unspecified atom stereocenters. The smallest absolute Gasteiger partial charge is 0.133 e. The van der Waals surface area contributed by atoms with Gasteiger partial charge in [0.05, 0.1) is 22.3 Å². The summed E-state index contributed by atoms with van der Waals surface area (Å²) in [6.45, 7) is 9.52. The molecule has 1 aromatic heterocycles. The molecule has 3 nitrogen and oxygen atoms in total. The topological polar surface area (TPSA) is 34.1 Å². The van der Waals surface area contributed by atoms with Gasteiger partial charge >= 0.3 is 0 Å². The Labute approximate surface area is 145 Å². The average Bonchev–Trinajstić information content (AvgIpc) is 2.93. The van der Waals surface area contributed by atoms with Crippen molar-refractivity contribution in [2.24, 2.45) is 0 Å². The van der Waals surface area contributed by atoms with Crippen LogP contribution in [0.25, 0.3) is 0 Å². The molecule has 22 heavy (non-hydrogen) atoms. The third kappa shape index (κ3) is 4.31. The Hall–Kier alpha value is -0.910. The van der Waals surface area contributed by atoms with Crippen molar-refractivity contribution in [3.8, 4) is 5.75 Å². The van der Waals surface area contributed by atoms with Gasteiger partial charge in [0.1, 0.15) is 5.75 Å². The molecule has 0 aliphatic carbocycles. The minimum atomic E-state index is 0.120. The van der Waals surface area contributed by atoms with Crippen LogP contribution in [0, 0.1) is 0 Å². The molecule has 0 bridgehead atoms. The van der Waals surface area contributed by atoms with E-state index < -0.39 is 0 Å². The molecule has 0 fully saturated rings. The normalized spacial score (nSPS) is 13.2. The van der Waals surface area contributed by atoms with Gasteiger partial charge in [-0.3, -0.25) is 0 Å². The Morgan fingerprint density at radius 3 is 2.64 bits per heavy atom. The summed E-state index contributed by atoms with van der Waals surface area (Å²) in [7, 11) is 1.68. The highest BCUT2D eigenvalue weighted by Crippen LogP contribution is 2.28. The highest BCUT2D eigenvalue weighted by atomic mass is 79.9. The maximum atomic E-state index is 5.27. The number of hydrogen-bond donors (Lipinski definition) is 1. The molecule has 1 aromatic carbocycles. The van der Waals surface area contributed by atoms with Crippen LogP contribution in [0.15, 0.2) is 28.1 Å². The monoisotopic (exact) mass is 382 g/mol. The maximum absolute atomic E-state index is 5.27. The number of ether oxygens (including phenoxy) is 1. The first kappa shape index (κ1) is 17.4. The summed E-state index contributed by atoms with van der Waals surface area (Å²) in [5.74, 6) is 0.852. The molecular weight excluding hydrogens is 360 g/mol. The van der Waals surface area contributed by atoms with Gasteiger partial charge in [-0.2, -0.15) is 0 Å². The Balaban J connectivity index is 1.99. The van der Waals surface area contributed by atoms with Gasteiger partial charge in [-0.15, -0.1) is 11.3 Å². The van der Waals surface area contributed by atoms with Crippen LogP contribution >= 0.6 is 27.3 Å². The summed E-state index contributed by atoms with van der Waals surface area (Å²) in [5, 5.41) is 6.85. The van der Waals surface area contributed by atoms with E-state index in [0.717, 1.165) is 22.5 Å². The Morgan fingerprint density at radius 1 is 1.36 bits per heavy atom. The molecular formula is C17H23BrN2OS. The van der Waals surface area contributed by atoms with E-state index in [2.05, 4.69) is 66.5 Å². The molecule has 0 radical (unpaired) electrons. The van der Waals surface area contributed by atoms with Crippen LogP contribution in [0.1, 0.15) is 50.0 Å². The fraction of sp³-hybridized carbons (Fsp3) is 0.471. The molecule has 0 saturated heterocycles. The van der Waals surface area contributed by atoms with Crippen LogP contribution in [-0.2, 0) is 12.0 Å². The number of thiazole rings is 1. The molecule has 1 N–H and O–H groups in total. The third-order valence-corrected chi connectivity index (χ3v) is 5.40. The first-order chi connectivity index (χ1) is 10.3. The second-order valence-electron chi connectivity index (χ2n) is 6.39. The SMILES string of the molecule is COc1ccc(C(C)NCc2csc(C(C)(C)C)n2)cc1Br. The second-order valence-corrected chi connectivity index (χ2v) is 8.10. The van der Waals surface area contributed by atoms with Crippen molar-refractivity contribution in [1.29, 1.82) is 0 Å². The number of nitrogens with zero attached hydrogens (tertiary/aromatic N) is 1. The van der Waals surface area contributed by atoms with Crippen molar-refractivity contribution in [2.75, 3.05) is 7.11 Å². The molecule has 120 valence electrons. The molecule has 2 rings (SSSR count). The quantitative estimate of drug-likeness (QED) is 0.784. The van der Waals surface area contributed by atoms with Gasteiger partial charge in [0.25, 0.3) is 0 Å². The lowest BCUT2D eigenvalue weighted by molar-refractivity contribution is 0.411. The van der Waals surface area contributed by atoms with Crippen molar-refractivity contribution in [3.63, 3.8) is 0 Å². The summed E-state index contributed by atoms with van der Waals surface area (Å²) < 4.78 is 6.24. The van der Waals surface area contributed by atoms with Crippen LogP contribution in [-0.4, -0.2) is 12.1 Å². The van der Waals surface area contributed by atoms with Crippen molar-refractivity contribution in [2.45, 2.75) is 45.7 Å². The Kier molecular flexibility index (Phi) is 5.64. The van der Waals surface area contributed by atoms with Crippen LogP contribution < -0.4 is 10.1 Å². The minimum Gasteiger partial charge on any atom is -0.496 e. The predicted molar refractivity (Wildman–Crippen MR) is 96.8 cm³/mol. The number of nitrogens with one attached hydrogen (secondary N) is 1. The van der Waals surface area contributed by atoms with Gasteiger partial charge in [0.15, 0.2) is 0 Å². The van der Waals surface area contributed by atoms with Gasteiger partial charge in [-0.25, -0.2) is 4.98 Å². The fourth-order valence-electron chi connectivity index (χ4n) is 2.06. The molecule has 1 atom stereocenters. The predicted octanol–water partition coefficient (Wildman–Crippen LogP) is 5.06. The van der Waals surface area contributed by atoms with E-state index in [-0.39, 0.29) is 11.5 Å². The van der Waals surface area contributed by atoms with E-state index in [9.17, 15) is 0 Å². The first-order valence-electron chi connectivity index (χ1n) is 7.33. The highest BCUT2D eigenvalue weighted by Gasteiger charge is 2.18. The van der Waals surface area contributed by atoms with Crippen LogP contribution in [0.5, 0.6) is 5.75 Å². The Morgan fingerprint density at radius 2 is 2.09 bits per heavy atom. The number of benzene rings is 1. The molecule has 1 heterocycles. The third-order valence-electron chi connectivity index (χ3n) is 3.46. The molecule has 0 aliphatic heterocycles. The molecule has 0 aliphatic rings. The number of halogens is 1. The number of aromatic nitrogens is 1. The van der Waals surface area contributed by atoms with E-state index >= 15 is 0 Å². The first-order valence-corrected chi connectivity index (χ1v) is 9.00. The van der Waals surface area contributed by atoms with E-state index in [1.807, 2.05) is 6.07 Å². The zero-order valence-corrected chi connectivity index (χ0v) is 16.1. The average molecular weight is 383 g/mol. The summed E-state index contributed by atoms with van der Waals surface area (Å²) in [4.78, 5) is 4.72. The van der Waals surface area contributed by atoms with E-state index in [1.165, 1.54) is 10.6 Å². The summed E-state index contributed by atoms with van der Waals surface area (Å²) >= 11 is 5.27. The lowest BCUT2D eigenvalue weighted by Crippen LogP contribution is -2.19.